The fourth-order valence-electron chi connectivity index (χ4n) is 1.75. The third-order valence-electron chi connectivity index (χ3n) is 3.43. The number of hydrogen-bond acceptors (Lipinski definition) is 3. The van der Waals surface area contributed by atoms with Crippen LogP contribution in [-0.4, -0.2) is 16.0 Å². The molecule has 0 saturated carbocycles. The Balaban J connectivity index is 2.86. The van der Waals surface area contributed by atoms with E-state index < -0.39 is 16.3 Å². The van der Waals surface area contributed by atoms with Crippen molar-refractivity contribution in [2.75, 3.05) is 0 Å². The van der Waals surface area contributed by atoms with Crippen LogP contribution in [0.4, 0.5) is 5.69 Å². The maximum atomic E-state index is 11.2. The van der Waals surface area contributed by atoms with Crippen molar-refractivity contribution in [3.63, 3.8) is 0 Å². The Labute approximate surface area is 106 Å². The number of carbonyl (C=O) groups is 1. The molecule has 5 nitrogen and oxygen atoms in total. The van der Waals surface area contributed by atoms with Gasteiger partial charge in [-0.3, -0.25) is 14.9 Å². The maximum Gasteiger partial charge on any atom is 0.309 e. The molecule has 0 aromatic heterocycles. The van der Waals surface area contributed by atoms with Gasteiger partial charge in [-0.25, -0.2) is 0 Å². The number of hydrogen-bond donors (Lipinski definition) is 1. The number of para-hydroxylation sites is 1. The van der Waals surface area contributed by atoms with Crippen LogP contribution in [0.15, 0.2) is 24.3 Å². The fourth-order valence-corrected chi connectivity index (χ4v) is 1.75. The second-order valence-corrected chi connectivity index (χ2v) is 4.61. The van der Waals surface area contributed by atoms with Gasteiger partial charge in [-0.15, -0.1) is 0 Å². The molecule has 0 heterocycles. The van der Waals surface area contributed by atoms with E-state index in [4.69, 9.17) is 5.11 Å². The number of benzene rings is 1. The van der Waals surface area contributed by atoms with Crippen molar-refractivity contribution < 1.29 is 14.8 Å². The van der Waals surface area contributed by atoms with Crippen molar-refractivity contribution in [2.24, 2.45) is 5.41 Å². The van der Waals surface area contributed by atoms with Crippen molar-refractivity contribution in [3.05, 3.63) is 39.9 Å². The van der Waals surface area contributed by atoms with E-state index >= 15 is 0 Å². The average molecular weight is 251 g/mol. The smallest absolute Gasteiger partial charge is 0.309 e. The predicted octanol–water partition coefficient (Wildman–Crippen LogP) is 3.03. The van der Waals surface area contributed by atoms with Crippen LogP contribution in [0.1, 0.15) is 32.3 Å². The summed E-state index contributed by atoms with van der Waals surface area (Å²) in [7, 11) is 0. The van der Waals surface area contributed by atoms with E-state index in [1.54, 1.807) is 25.1 Å². The molecule has 0 aliphatic carbocycles. The summed E-state index contributed by atoms with van der Waals surface area (Å²) in [5, 5.41) is 20.0. The van der Waals surface area contributed by atoms with Gasteiger partial charge >= 0.3 is 5.97 Å². The molecule has 0 aliphatic rings. The van der Waals surface area contributed by atoms with Gasteiger partial charge in [0.2, 0.25) is 0 Å². The second-order valence-electron chi connectivity index (χ2n) is 4.61. The summed E-state index contributed by atoms with van der Waals surface area (Å²) in [6, 6.07) is 6.46. The van der Waals surface area contributed by atoms with Crippen LogP contribution in [0.25, 0.3) is 0 Å². The first-order valence-electron chi connectivity index (χ1n) is 5.86. The normalized spacial score (nSPS) is 13.9. The molecule has 1 rings (SSSR count). The van der Waals surface area contributed by atoms with Gasteiger partial charge in [0.15, 0.2) is 0 Å². The lowest BCUT2D eigenvalue weighted by molar-refractivity contribution is -0.385. The highest BCUT2D eigenvalue weighted by atomic mass is 16.6. The Hall–Kier alpha value is -1.91. The molecule has 0 fully saturated rings. The van der Waals surface area contributed by atoms with E-state index in [2.05, 4.69) is 0 Å². The zero-order chi connectivity index (χ0) is 13.8. The molecule has 1 aromatic rings. The Morgan fingerprint density at radius 2 is 2.06 bits per heavy atom. The molecule has 0 bridgehead atoms. The minimum absolute atomic E-state index is 0.0568. The van der Waals surface area contributed by atoms with E-state index in [-0.39, 0.29) is 5.69 Å². The third-order valence-corrected chi connectivity index (χ3v) is 3.43. The molecule has 1 N–H and O–H groups in total. The summed E-state index contributed by atoms with van der Waals surface area (Å²) in [6.07, 6.45) is 1.29. The SMILES string of the molecule is CCC(C)(CCc1ccccc1[N+](=O)[O-])C(=O)O. The first-order chi connectivity index (χ1) is 8.40. The summed E-state index contributed by atoms with van der Waals surface area (Å²) in [4.78, 5) is 21.6. The van der Waals surface area contributed by atoms with Crippen LogP contribution >= 0.6 is 0 Å². The van der Waals surface area contributed by atoms with Crippen LogP contribution in [0, 0.1) is 15.5 Å². The molecular formula is C13H17NO4. The van der Waals surface area contributed by atoms with E-state index in [1.165, 1.54) is 6.07 Å². The van der Waals surface area contributed by atoms with E-state index in [9.17, 15) is 14.9 Å². The maximum absolute atomic E-state index is 11.2. The molecule has 5 heteroatoms. The Morgan fingerprint density at radius 3 is 2.56 bits per heavy atom. The van der Waals surface area contributed by atoms with Gasteiger partial charge in [0.25, 0.3) is 5.69 Å². The zero-order valence-corrected chi connectivity index (χ0v) is 10.5. The highest BCUT2D eigenvalue weighted by Crippen LogP contribution is 2.30. The number of carboxylic acid groups (broad SMARTS) is 1. The van der Waals surface area contributed by atoms with E-state index in [0.29, 0.717) is 24.8 Å². The molecule has 0 spiro atoms. The highest BCUT2D eigenvalue weighted by Gasteiger charge is 2.31. The van der Waals surface area contributed by atoms with Crippen LogP contribution in [-0.2, 0) is 11.2 Å². The zero-order valence-electron chi connectivity index (χ0n) is 10.5. The lowest BCUT2D eigenvalue weighted by atomic mass is 9.81. The minimum Gasteiger partial charge on any atom is -0.481 e. The summed E-state index contributed by atoms with van der Waals surface area (Å²) < 4.78 is 0. The number of nitro groups is 1. The molecule has 0 aliphatic heterocycles. The topological polar surface area (TPSA) is 80.4 Å². The van der Waals surface area contributed by atoms with Gasteiger partial charge in [0, 0.05) is 11.6 Å². The highest BCUT2D eigenvalue weighted by molar-refractivity contribution is 5.74. The Morgan fingerprint density at radius 1 is 1.44 bits per heavy atom. The van der Waals surface area contributed by atoms with Gasteiger partial charge < -0.3 is 5.11 Å². The average Bonchev–Trinajstić information content (AvgIpc) is 2.35. The summed E-state index contributed by atoms with van der Waals surface area (Å²) in [5.41, 5.74) is -0.186. The quantitative estimate of drug-likeness (QED) is 0.622. The molecule has 98 valence electrons. The summed E-state index contributed by atoms with van der Waals surface area (Å²) in [5.74, 6) is -0.858. The second kappa shape index (κ2) is 5.62. The number of aryl methyl sites for hydroxylation is 1. The number of carboxylic acids is 1. The first-order valence-corrected chi connectivity index (χ1v) is 5.86. The van der Waals surface area contributed by atoms with Gasteiger partial charge in [-0.05, 0) is 26.2 Å². The van der Waals surface area contributed by atoms with E-state index in [1.807, 2.05) is 6.92 Å². The molecule has 0 amide bonds. The Kier molecular flexibility index (Phi) is 4.42. The Bertz CT molecular complexity index is 458. The van der Waals surface area contributed by atoms with Crippen LogP contribution in [0.2, 0.25) is 0 Å². The third kappa shape index (κ3) is 3.06. The van der Waals surface area contributed by atoms with E-state index in [0.717, 1.165) is 0 Å². The fraction of sp³-hybridized carbons (Fsp3) is 0.462. The standard InChI is InChI=1S/C13H17NO4/c1-3-13(2,12(15)16)9-8-10-6-4-5-7-11(10)14(17)18/h4-7H,3,8-9H2,1-2H3,(H,15,16). The number of aliphatic carboxylic acids is 1. The van der Waals surface area contributed by atoms with Gasteiger partial charge in [-0.1, -0.05) is 25.1 Å². The monoisotopic (exact) mass is 251 g/mol. The minimum atomic E-state index is -0.858. The molecule has 1 atom stereocenters. The van der Waals surface area contributed by atoms with Crippen molar-refractivity contribution >= 4 is 11.7 Å². The number of nitrogens with zero attached hydrogens (tertiary/aromatic N) is 1. The van der Waals surface area contributed by atoms with Crippen LogP contribution in [0.3, 0.4) is 0 Å². The molecule has 18 heavy (non-hydrogen) atoms. The summed E-state index contributed by atoms with van der Waals surface area (Å²) >= 11 is 0. The predicted molar refractivity (Wildman–Crippen MR) is 67.5 cm³/mol. The molecule has 0 radical (unpaired) electrons. The van der Waals surface area contributed by atoms with Crippen molar-refractivity contribution in [1.82, 2.24) is 0 Å². The number of nitro benzene ring substituents is 1. The van der Waals surface area contributed by atoms with Crippen LogP contribution in [0.5, 0.6) is 0 Å². The molecular weight excluding hydrogens is 234 g/mol. The van der Waals surface area contributed by atoms with Gasteiger partial charge in [0.05, 0.1) is 10.3 Å². The van der Waals surface area contributed by atoms with Crippen molar-refractivity contribution in [2.45, 2.75) is 33.1 Å². The lowest BCUT2D eigenvalue weighted by Crippen LogP contribution is -2.27. The molecule has 0 saturated heterocycles. The largest absolute Gasteiger partial charge is 0.481 e. The first kappa shape index (κ1) is 14.2. The molecule has 1 unspecified atom stereocenters. The van der Waals surface area contributed by atoms with Crippen LogP contribution < -0.4 is 0 Å². The molecule has 1 aromatic carbocycles. The number of rotatable bonds is 6. The van der Waals surface area contributed by atoms with Gasteiger partial charge in [-0.2, -0.15) is 0 Å². The van der Waals surface area contributed by atoms with Crippen molar-refractivity contribution in [1.29, 1.82) is 0 Å². The van der Waals surface area contributed by atoms with Crippen molar-refractivity contribution in [3.8, 4) is 0 Å². The van der Waals surface area contributed by atoms with Gasteiger partial charge in [0.1, 0.15) is 0 Å². The summed E-state index contributed by atoms with van der Waals surface area (Å²) in [6.45, 7) is 3.48. The lowest BCUT2D eigenvalue weighted by Gasteiger charge is -2.22.